The predicted molar refractivity (Wildman–Crippen MR) is 73.6 cm³/mol. The van der Waals surface area contributed by atoms with Crippen molar-refractivity contribution in [3.05, 3.63) is 0 Å². The summed E-state index contributed by atoms with van der Waals surface area (Å²) < 4.78 is 54.5. The third-order valence-electron chi connectivity index (χ3n) is 3.97. The molecule has 2 aliphatic rings. The normalized spacial score (nSPS) is 27.2. The minimum atomic E-state index is -3.59. The van der Waals surface area contributed by atoms with Gasteiger partial charge in [0.05, 0.1) is 22.4 Å². The summed E-state index contributed by atoms with van der Waals surface area (Å²) in [7, 11) is -6.67. The summed E-state index contributed by atoms with van der Waals surface area (Å²) in [6.45, 7) is 0.793. The first-order chi connectivity index (χ1) is 9.23. The molecular weight excluding hydrogens is 306 g/mol. The fourth-order valence-corrected chi connectivity index (χ4v) is 5.81. The molecule has 0 unspecified atom stereocenters. The van der Waals surface area contributed by atoms with Gasteiger partial charge in [-0.25, -0.2) is 21.6 Å². The van der Waals surface area contributed by atoms with Crippen molar-refractivity contribution >= 4 is 19.9 Å². The third kappa shape index (κ3) is 4.14. The number of rotatable bonds is 4. The molecule has 2 rings (SSSR count). The van der Waals surface area contributed by atoms with E-state index in [-0.39, 0.29) is 30.9 Å². The van der Waals surface area contributed by atoms with Crippen LogP contribution >= 0.6 is 0 Å². The molecule has 0 amide bonds. The number of hydrogen-bond donors (Lipinski definition) is 2. The minimum Gasteiger partial charge on any atom is -0.388 e. The van der Waals surface area contributed by atoms with Crippen LogP contribution in [0, 0.1) is 0 Å². The molecule has 0 aromatic rings. The van der Waals surface area contributed by atoms with E-state index in [0.717, 1.165) is 0 Å². The van der Waals surface area contributed by atoms with E-state index in [9.17, 15) is 21.9 Å². The van der Waals surface area contributed by atoms with Gasteiger partial charge in [0.25, 0.3) is 0 Å². The second-order valence-electron chi connectivity index (χ2n) is 5.55. The van der Waals surface area contributed by atoms with Crippen LogP contribution in [-0.4, -0.2) is 64.1 Å². The molecule has 9 heteroatoms. The third-order valence-corrected chi connectivity index (χ3v) is 7.58. The van der Waals surface area contributed by atoms with Crippen LogP contribution in [0.1, 0.15) is 25.7 Å². The Morgan fingerprint density at radius 1 is 1.20 bits per heavy atom. The van der Waals surface area contributed by atoms with Gasteiger partial charge in [0.1, 0.15) is 9.84 Å². The molecule has 2 fully saturated rings. The van der Waals surface area contributed by atoms with E-state index in [0.29, 0.717) is 26.1 Å². The minimum absolute atomic E-state index is 0.0397. The first-order valence-electron chi connectivity index (χ1n) is 6.72. The second kappa shape index (κ2) is 5.88. The number of ether oxygens (including phenoxy) is 1. The summed E-state index contributed by atoms with van der Waals surface area (Å²) in [4.78, 5) is 0. The average Bonchev–Trinajstić information content (AvgIpc) is 2.37. The van der Waals surface area contributed by atoms with Crippen LogP contribution in [0.3, 0.4) is 0 Å². The molecule has 2 heterocycles. The van der Waals surface area contributed by atoms with E-state index in [1.807, 2.05) is 0 Å². The highest BCUT2D eigenvalue weighted by Crippen LogP contribution is 2.22. The Bertz CT molecular complexity index is 521. The van der Waals surface area contributed by atoms with E-state index < -0.39 is 30.7 Å². The van der Waals surface area contributed by atoms with Crippen molar-refractivity contribution in [2.75, 3.05) is 31.3 Å². The number of sulfonamides is 1. The molecule has 0 bridgehead atoms. The predicted octanol–water partition coefficient (Wildman–Crippen LogP) is -0.975. The topological polar surface area (TPSA) is 110 Å². The molecule has 0 aromatic carbocycles. The molecule has 0 saturated carbocycles. The Hall–Kier alpha value is -0.220. The van der Waals surface area contributed by atoms with Gasteiger partial charge < -0.3 is 9.84 Å². The molecule has 2 N–H and O–H groups in total. The number of hydrogen-bond acceptors (Lipinski definition) is 6. The molecule has 2 aliphatic heterocycles. The Labute approximate surface area is 119 Å². The van der Waals surface area contributed by atoms with Gasteiger partial charge in [0.15, 0.2) is 0 Å². The van der Waals surface area contributed by atoms with Crippen molar-refractivity contribution in [3.8, 4) is 0 Å². The van der Waals surface area contributed by atoms with Crippen LogP contribution in [0.15, 0.2) is 0 Å². The van der Waals surface area contributed by atoms with Crippen LogP contribution in [0.4, 0.5) is 0 Å². The fourth-order valence-electron chi connectivity index (χ4n) is 2.46. The number of aliphatic hydroxyl groups is 1. The summed E-state index contributed by atoms with van der Waals surface area (Å²) >= 11 is 0. The molecule has 0 atom stereocenters. The van der Waals surface area contributed by atoms with Gasteiger partial charge in [-0.05, 0) is 12.8 Å². The summed E-state index contributed by atoms with van der Waals surface area (Å²) in [5.74, 6) is -0.173. The molecule has 20 heavy (non-hydrogen) atoms. The Kier molecular flexibility index (Phi) is 4.75. The monoisotopic (exact) mass is 327 g/mol. The highest BCUT2D eigenvalue weighted by atomic mass is 32.2. The summed E-state index contributed by atoms with van der Waals surface area (Å²) in [5, 5.41) is 9.53. The van der Waals surface area contributed by atoms with Crippen LogP contribution in [0.25, 0.3) is 0 Å². The zero-order valence-corrected chi connectivity index (χ0v) is 12.9. The summed E-state index contributed by atoms with van der Waals surface area (Å²) in [6, 6.07) is 0. The molecule has 0 aliphatic carbocycles. The van der Waals surface area contributed by atoms with Crippen molar-refractivity contribution in [2.45, 2.75) is 36.5 Å². The van der Waals surface area contributed by atoms with Crippen LogP contribution in [-0.2, 0) is 24.6 Å². The molecular formula is C11H21NO6S2. The van der Waals surface area contributed by atoms with Crippen molar-refractivity contribution in [2.24, 2.45) is 0 Å². The SMILES string of the molecule is O=S1(=O)CCC(S(=O)(=O)NCC2(O)CCOCC2)CC1. The molecule has 0 radical (unpaired) electrons. The van der Waals surface area contributed by atoms with Gasteiger partial charge in [-0.1, -0.05) is 0 Å². The maximum Gasteiger partial charge on any atom is 0.214 e. The van der Waals surface area contributed by atoms with Gasteiger partial charge in [-0.2, -0.15) is 0 Å². The summed E-state index contributed by atoms with van der Waals surface area (Å²) in [5.41, 5.74) is -1.06. The highest BCUT2D eigenvalue weighted by Gasteiger charge is 2.36. The van der Waals surface area contributed by atoms with E-state index in [2.05, 4.69) is 4.72 Å². The lowest BCUT2D eigenvalue weighted by Crippen LogP contribution is -2.49. The second-order valence-corrected chi connectivity index (χ2v) is 9.90. The maximum absolute atomic E-state index is 12.1. The first-order valence-corrected chi connectivity index (χ1v) is 10.1. The smallest absolute Gasteiger partial charge is 0.214 e. The van der Waals surface area contributed by atoms with Gasteiger partial charge in [0, 0.05) is 32.6 Å². The zero-order valence-electron chi connectivity index (χ0n) is 11.2. The molecule has 2 saturated heterocycles. The average molecular weight is 327 g/mol. The number of nitrogens with one attached hydrogen (secondary N) is 1. The van der Waals surface area contributed by atoms with Gasteiger partial charge in [-0.3, -0.25) is 0 Å². The molecule has 7 nitrogen and oxygen atoms in total. The Morgan fingerprint density at radius 3 is 2.30 bits per heavy atom. The van der Waals surface area contributed by atoms with E-state index in [1.165, 1.54) is 0 Å². The Morgan fingerprint density at radius 2 is 1.75 bits per heavy atom. The van der Waals surface area contributed by atoms with Crippen molar-refractivity contribution in [1.29, 1.82) is 0 Å². The fraction of sp³-hybridized carbons (Fsp3) is 1.00. The quantitative estimate of drug-likeness (QED) is 0.687. The standard InChI is InChI=1S/C11H21NO6S2/c13-11(3-5-18-6-4-11)9-12-20(16,17)10-1-7-19(14,15)8-2-10/h10,12-13H,1-9H2. The number of sulfone groups is 1. The van der Waals surface area contributed by atoms with Gasteiger partial charge in [-0.15, -0.1) is 0 Å². The van der Waals surface area contributed by atoms with Crippen LogP contribution in [0.2, 0.25) is 0 Å². The first kappa shape index (κ1) is 16.2. The van der Waals surface area contributed by atoms with Crippen molar-refractivity contribution in [3.63, 3.8) is 0 Å². The lowest BCUT2D eigenvalue weighted by Gasteiger charge is -2.33. The maximum atomic E-state index is 12.1. The molecule has 0 aromatic heterocycles. The van der Waals surface area contributed by atoms with Gasteiger partial charge >= 0.3 is 0 Å². The van der Waals surface area contributed by atoms with Crippen LogP contribution < -0.4 is 4.72 Å². The largest absolute Gasteiger partial charge is 0.388 e. The highest BCUT2D eigenvalue weighted by molar-refractivity contribution is 7.92. The van der Waals surface area contributed by atoms with Gasteiger partial charge in [0.2, 0.25) is 10.0 Å². The Balaban J connectivity index is 1.91. The zero-order chi connectivity index (χ0) is 14.9. The van der Waals surface area contributed by atoms with E-state index >= 15 is 0 Å². The molecule has 118 valence electrons. The lowest BCUT2D eigenvalue weighted by molar-refractivity contribution is -0.0589. The lowest BCUT2D eigenvalue weighted by atomic mass is 9.95. The van der Waals surface area contributed by atoms with Crippen molar-refractivity contribution in [1.82, 2.24) is 4.72 Å². The van der Waals surface area contributed by atoms with Crippen LogP contribution in [0.5, 0.6) is 0 Å². The van der Waals surface area contributed by atoms with Crippen molar-refractivity contribution < 1.29 is 26.7 Å². The van der Waals surface area contributed by atoms with E-state index in [4.69, 9.17) is 4.74 Å². The van der Waals surface area contributed by atoms with E-state index in [1.54, 1.807) is 0 Å². The summed E-state index contributed by atoms with van der Waals surface area (Å²) in [6.07, 6.45) is 1.04. The molecule has 0 spiro atoms.